The molecule has 0 saturated carbocycles. The van der Waals surface area contributed by atoms with Crippen LogP contribution in [0.3, 0.4) is 0 Å². The summed E-state index contributed by atoms with van der Waals surface area (Å²) in [6.07, 6.45) is 0. The second-order valence-corrected chi connectivity index (χ2v) is 4.21. The molecule has 0 radical (unpaired) electrons. The van der Waals surface area contributed by atoms with Crippen LogP contribution in [0, 0.1) is 5.82 Å². The number of halogens is 3. The molecule has 0 atom stereocenters. The van der Waals surface area contributed by atoms with Crippen LogP contribution >= 0.6 is 0 Å². The van der Waals surface area contributed by atoms with Crippen LogP contribution < -0.4 is 14.8 Å². The van der Waals surface area contributed by atoms with Gasteiger partial charge in [0.2, 0.25) is 0 Å². The molecule has 0 aliphatic carbocycles. The molecule has 7 heteroatoms. The molecular weight excluding hydrogens is 299 g/mol. The van der Waals surface area contributed by atoms with Gasteiger partial charge in [-0.2, -0.15) is 8.78 Å². The van der Waals surface area contributed by atoms with Crippen LogP contribution in [0.5, 0.6) is 11.5 Å². The Morgan fingerprint density at radius 1 is 1.14 bits per heavy atom. The number of ether oxygens (including phenoxy) is 2. The van der Waals surface area contributed by atoms with Crippen molar-refractivity contribution >= 4 is 11.6 Å². The van der Waals surface area contributed by atoms with Gasteiger partial charge in [0.1, 0.15) is 5.82 Å². The van der Waals surface area contributed by atoms with Gasteiger partial charge in [0, 0.05) is 11.3 Å². The first-order valence-corrected chi connectivity index (χ1v) is 6.19. The molecule has 4 nitrogen and oxygen atoms in total. The van der Waals surface area contributed by atoms with E-state index in [4.69, 9.17) is 4.74 Å². The van der Waals surface area contributed by atoms with Gasteiger partial charge in [-0.3, -0.25) is 4.79 Å². The van der Waals surface area contributed by atoms with Crippen LogP contribution in [0.2, 0.25) is 0 Å². The van der Waals surface area contributed by atoms with Gasteiger partial charge in [-0.15, -0.1) is 0 Å². The monoisotopic (exact) mass is 311 g/mol. The molecule has 0 unspecified atom stereocenters. The zero-order chi connectivity index (χ0) is 16.1. The van der Waals surface area contributed by atoms with Crippen LogP contribution in [0.15, 0.2) is 42.5 Å². The Kier molecular flexibility index (Phi) is 4.88. The molecule has 116 valence electrons. The molecule has 0 heterocycles. The third kappa shape index (κ3) is 3.91. The molecule has 22 heavy (non-hydrogen) atoms. The summed E-state index contributed by atoms with van der Waals surface area (Å²) in [7, 11) is 1.29. The Morgan fingerprint density at radius 3 is 2.55 bits per heavy atom. The quantitative estimate of drug-likeness (QED) is 0.916. The molecule has 0 spiro atoms. The second-order valence-electron chi connectivity index (χ2n) is 4.21. The minimum Gasteiger partial charge on any atom is -0.493 e. The fraction of sp³-hybridized carbons (Fsp3) is 0.133. The number of rotatable bonds is 5. The maximum atomic E-state index is 13.1. The summed E-state index contributed by atoms with van der Waals surface area (Å²) >= 11 is 0. The predicted molar refractivity (Wildman–Crippen MR) is 74.0 cm³/mol. The maximum Gasteiger partial charge on any atom is 0.387 e. The Labute approximate surface area is 124 Å². The molecule has 1 N–H and O–H groups in total. The van der Waals surface area contributed by atoms with Gasteiger partial charge in [0.05, 0.1) is 7.11 Å². The second kappa shape index (κ2) is 6.84. The van der Waals surface area contributed by atoms with E-state index >= 15 is 0 Å². The normalized spacial score (nSPS) is 10.4. The van der Waals surface area contributed by atoms with E-state index in [1.54, 1.807) is 0 Å². The molecule has 2 rings (SSSR count). The number of anilines is 1. The van der Waals surface area contributed by atoms with Crippen molar-refractivity contribution in [3.05, 3.63) is 53.8 Å². The number of carbonyl (C=O) groups is 1. The van der Waals surface area contributed by atoms with Gasteiger partial charge < -0.3 is 14.8 Å². The first-order valence-electron chi connectivity index (χ1n) is 6.19. The van der Waals surface area contributed by atoms with E-state index in [9.17, 15) is 18.0 Å². The lowest BCUT2D eigenvalue weighted by Gasteiger charge is -2.11. The zero-order valence-electron chi connectivity index (χ0n) is 11.5. The summed E-state index contributed by atoms with van der Waals surface area (Å²) in [4.78, 5) is 12.0. The van der Waals surface area contributed by atoms with Crippen molar-refractivity contribution in [3.8, 4) is 11.5 Å². The van der Waals surface area contributed by atoms with E-state index in [-0.39, 0.29) is 22.7 Å². The van der Waals surface area contributed by atoms with Crippen molar-refractivity contribution in [2.75, 3.05) is 12.4 Å². The van der Waals surface area contributed by atoms with Crippen molar-refractivity contribution in [2.45, 2.75) is 6.61 Å². The van der Waals surface area contributed by atoms with Crippen LogP contribution in [0.4, 0.5) is 18.9 Å². The molecule has 2 aromatic rings. The fourth-order valence-corrected chi connectivity index (χ4v) is 1.78. The number of carbonyl (C=O) groups excluding carboxylic acids is 1. The number of hydrogen-bond donors (Lipinski definition) is 1. The van der Waals surface area contributed by atoms with E-state index in [2.05, 4.69) is 10.1 Å². The van der Waals surface area contributed by atoms with Crippen LogP contribution in [0.25, 0.3) is 0 Å². The Balaban J connectivity index is 2.22. The number of amides is 1. The maximum absolute atomic E-state index is 13.1. The predicted octanol–water partition coefficient (Wildman–Crippen LogP) is 3.69. The van der Waals surface area contributed by atoms with Crippen molar-refractivity contribution in [1.82, 2.24) is 0 Å². The molecule has 1 amide bonds. The highest BCUT2D eigenvalue weighted by Crippen LogP contribution is 2.29. The molecule has 0 bridgehead atoms. The van der Waals surface area contributed by atoms with Gasteiger partial charge in [-0.05, 0) is 36.4 Å². The summed E-state index contributed by atoms with van der Waals surface area (Å²) in [5, 5.41) is 2.45. The van der Waals surface area contributed by atoms with Gasteiger partial charge in [0.15, 0.2) is 11.5 Å². The van der Waals surface area contributed by atoms with Crippen LogP contribution in [0.1, 0.15) is 10.4 Å². The van der Waals surface area contributed by atoms with Crippen LogP contribution in [-0.4, -0.2) is 19.6 Å². The summed E-state index contributed by atoms with van der Waals surface area (Å²) in [5.74, 6) is -1.28. The molecular formula is C15H12F3NO3. The van der Waals surface area contributed by atoms with Gasteiger partial charge in [0.25, 0.3) is 5.91 Å². The molecule has 0 saturated heterocycles. The highest BCUT2D eigenvalue weighted by Gasteiger charge is 2.14. The summed E-state index contributed by atoms with van der Waals surface area (Å²) in [6, 6.07) is 9.14. The average Bonchev–Trinajstić information content (AvgIpc) is 2.46. The topological polar surface area (TPSA) is 47.6 Å². The van der Waals surface area contributed by atoms with E-state index in [0.29, 0.717) is 0 Å². The lowest BCUT2D eigenvalue weighted by molar-refractivity contribution is -0.0512. The Morgan fingerprint density at radius 2 is 1.91 bits per heavy atom. The number of hydrogen-bond acceptors (Lipinski definition) is 3. The first-order chi connectivity index (χ1) is 10.5. The average molecular weight is 311 g/mol. The Bertz CT molecular complexity index is 677. The minimum absolute atomic E-state index is 0.0701. The summed E-state index contributed by atoms with van der Waals surface area (Å²) in [6.45, 7) is -3.05. The van der Waals surface area contributed by atoms with Crippen molar-refractivity contribution in [3.63, 3.8) is 0 Å². The summed E-state index contributed by atoms with van der Waals surface area (Å²) < 4.78 is 46.9. The number of methoxy groups -OCH3 is 1. The van der Waals surface area contributed by atoms with E-state index in [1.807, 2.05) is 0 Å². The van der Waals surface area contributed by atoms with Crippen molar-refractivity contribution in [1.29, 1.82) is 0 Å². The highest BCUT2D eigenvalue weighted by atomic mass is 19.3. The smallest absolute Gasteiger partial charge is 0.387 e. The lowest BCUT2D eigenvalue weighted by atomic mass is 10.2. The Hall–Kier alpha value is -2.70. The first kappa shape index (κ1) is 15.7. The SMILES string of the molecule is COc1ccc(C(=O)Nc2cccc(F)c2)cc1OC(F)F. The van der Waals surface area contributed by atoms with Gasteiger partial charge in [-0.1, -0.05) is 6.07 Å². The lowest BCUT2D eigenvalue weighted by Crippen LogP contribution is -2.13. The third-order valence-corrected chi connectivity index (χ3v) is 2.72. The van der Waals surface area contributed by atoms with Gasteiger partial charge >= 0.3 is 6.61 Å². The molecule has 0 fully saturated rings. The van der Waals surface area contributed by atoms with Crippen molar-refractivity contribution < 1.29 is 27.4 Å². The van der Waals surface area contributed by atoms with Gasteiger partial charge in [-0.25, -0.2) is 4.39 Å². The fourth-order valence-electron chi connectivity index (χ4n) is 1.78. The molecule has 0 aromatic heterocycles. The highest BCUT2D eigenvalue weighted by molar-refractivity contribution is 6.04. The third-order valence-electron chi connectivity index (χ3n) is 2.72. The zero-order valence-corrected chi connectivity index (χ0v) is 11.5. The molecule has 0 aliphatic heterocycles. The summed E-state index contributed by atoms with van der Waals surface area (Å²) in [5.41, 5.74) is 0.317. The molecule has 0 aliphatic rings. The van der Waals surface area contributed by atoms with E-state index < -0.39 is 18.3 Å². The number of nitrogens with one attached hydrogen (secondary N) is 1. The number of benzene rings is 2. The van der Waals surface area contributed by atoms with Crippen molar-refractivity contribution in [2.24, 2.45) is 0 Å². The van der Waals surface area contributed by atoms with E-state index in [1.165, 1.54) is 37.4 Å². The molecule has 2 aromatic carbocycles. The standard InChI is InChI=1S/C15H12F3NO3/c1-21-12-6-5-9(7-13(12)22-15(17)18)14(20)19-11-4-2-3-10(16)8-11/h2-8,15H,1H3,(H,19,20). The largest absolute Gasteiger partial charge is 0.493 e. The number of alkyl halides is 2. The van der Waals surface area contributed by atoms with E-state index in [0.717, 1.165) is 12.1 Å². The van der Waals surface area contributed by atoms with Crippen LogP contribution in [-0.2, 0) is 0 Å². The minimum atomic E-state index is -3.05.